The van der Waals surface area contributed by atoms with E-state index in [1.165, 1.54) is 38.7 Å². The van der Waals surface area contributed by atoms with Crippen LogP contribution in [0.5, 0.6) is 11.5 Å². The number of halogens is 3. The number of alkyl halides is 1. The molecular formula is C13H12ClF2N3O2. The monoisotopic (exact) mass is 315 g/mol. The predicted octanol–water partition coefficient (Wildman–Crippen LogP) is 3.37. The molecule has 112 valence electrons. The quantitative estimate of drug-likeness (QED) is 0.677. The van der Waals surface area contributed by atoms with Crippen LogP contribution in [0.25, 0.3) is 0 Å². The Balaban J connectivity index is 2.29. The van der Waals surface area contributed by atoms with Gasteiger partial charge in [0.15, 0.2) is 17.9 Å². The van der Waals surface area contributed by atoms with Crippen molar-refractivity contribution in [2.75, 3.05) is 19.5 Å². The molecule has 0 saturated heterocycles. The maximum absolute atomic E-state index is 14.3. The van der Waals surface area contributed by atoms with Crippen LogP contribution in [0.4, 0.5) is 14.5 Å². The summed E-state index contributed by atoms with van der Waals surface area (Å²) in [5, 5.41) is 2.46. The highest BCUT2D eigenvalue weighted by atomic mass is 35.5. The van der Waals surface area contributed by atoms with E-state index in [9.17, 15) is 8.78 Å². The number of anilines is 1. The molecule has 1 heterocycles. The molecule has 0 radical (unpaired) electrons. The molecule has 0 aliphatic heterocycles. The van der Waals surface area contributed by atoms with Gasteiger partial charge in [-0.1, -0.05) is 0 Å². The van der Waals surface area contributed by atoms with Crippen LogP contribution in [0.15, 0.2) is 24.5 Å². The third kappa shape index (κ3) is 3.49. The second kappa shape index (κ2) is 6.53. The first-order chi connectivity index (χ1) is 10.0. The number of ether oxygens (including phenoxy) is 2. The summed E-state index contributed by atoms with van der Waals surface area (Å²) in [7, 11) is 2.68. The number of hydrogen-bond acceptors (Lipinski definition) is 5. The number of nitrogens with one attached hydrogen (secondary N) is 1. The van der Waals surface area contributed by atoms with Crippen molar-refractivity contribution >= 4 is 17.3 Å². The van der Waals surface area contributed by atoms with Crippen molar-refractivity contribution in [1.82, 2.24) is 9.97 Å². The smallest absolute Gasteiger partial charge is 0.222 e. The fourth-order valence-corrected chi connectivity index (χ4v) is 1.75. The molecule has 8 heteroatoms. The van der Waals surface area contributed by atoms with Gasteiger partial charge in [-0.25, -0.2) is 18.7 Å². The molecule has 1 unspecified atom stereocenters. The SMILES string of the molecule is COc1cc(OC)c(F)c(C(F)Nc2cnc(Cl)nc2)c1. The van der Waals surface area contributed by atoms with Gasteiger partial charge >= 0.3 is 0 Å². The highest BCUT2D eigenvalue weighted by Crippen LogP contribution is 2.32. The number of nitrogens with zero attached hydrogens (tertiary/aromatic N) is 2. The summed E-state index contributed by atoms with van der Waals surface area (Å²) in [5.74, 6) is -0.644. The van der Waals surface area contributed by atoms with Gasteiger partial charge in [-0.2, -0.15) is 0 Å². The summed E-state index contributed by atoms with van der Waals surface area (Å²) >= 11 is 5.53. The molecule has 2 rings (SSSR count). The average Bonchev–Trinajstić information content (AvgIpc) is 2.49. The lowest BCUT2D eigenvalue weighted by molar-refractivity contribution is 0.342. The van der Waals surface area contributed by atoms with E-state index in [1.54, 1.807) is 0 Å². The number of benzene rings is 1. The van der Waals surface area contributed by atoms with Gasteiger partial charge in [0.25, 0.3) is 0 Å². The molecule has 0 spiro atoms. The third-order valence-electron chi connectivity index (χ3n) is 2.68. The van der Waals surface area contributed by atoms with Gasteiger partial charge in [0.05, 0.1) is 32.3 Å². The fourth-order valence-electron chi connectivity index (χ4n) is 1.65. The lowest BCUT2D eigenvalue weighted by Crippen LogP contribution is -2.09. The van der Waals surface area contributed by atoms with Crippen LogP contribution in [0.1, 0.15) is 11.9 Å². The van der Waals surface area contributed by atoms with E-state index in [0.29, 0.717) is 0 Å². The minimum Gasteiger partial charge on any atom is -0.497 e. The van der Waals surface area contributed by atoms with Crippen molar-refractivity contribution in [3.63, 3.8) is 0 Å². The van der Waals surface area contributed by atoms with Crippen molar-refractivity contribution in [2.24, 2.45) is 0 Å². The Labute approximate surface area is 124 Å². The Morgan fingerprint density at radius 3 is 2.43 bits per heavy atom. The summed E-state index contributed by atoms with van der Waals surface area (Å²) in [4.78, 5) is 7.40. The fraction of sp³-hybridized carbons (Fsp3) is 0.231. The van der Waals surface area contributed by atoms with E-state index in [-0.39, 0.29) is 28.0 Å². The van der Waals surface area contributed by atoms with Crippen molar-refractivity contribution in [2.45, 2.75) is 6.30 Å². The van der Waals surface area contributed by atoms with E-state index < -0.39 is 12.1 Å². The van der Waals surface area contributed by atoms with E-state index in [0.717, 1.165) is 0 Å². The lowest BCUT2D eigenvalue weighted by Gasteiger charge is -2.15. The lowest BCUT2D eigenvalue weighted by atomic mass is 10.1. The zero-order valence-corrected chi connectivity index (χ0v) is 12.0. The third-order valence-corrected chi connectivity index (χ3v) is 2.88. The zero-order valence-electron chi connectivity index (χ0n) is 11.2. The Kier molecular flexibility index (Phi) is 4.74. The largest absolute Gasteiger partial charge is 0.497 e. The van der Waals surface area contributed by atoms with Gasteiger partial charge < -0.3 is 14.8 Å². The molecule has 0 bridgehead atoms. The second-order valence-corrected chi connectivity index (χ2v) is 4.32. The molecule has 0 aliphatic carbocycles. The van der Waals surface area contributed by atoms with Gasteiger partial charge in [0, 0.05) is 11.6 Å². The molecule has 1 aromatic carbocycles. The standard InChI is InChI=1S/C13H12ClF2N3O2/c1-20-8-3-9(11(15)10(4-8)21-2)12(16)19-7-5-17-13(14)18-6-7/h3-6,12,19H,1-2H3. The van der Waals surface area contributed by atoms with Crippen LogP contribution >= 0.6 is 11.6 Å². The average molecular weight is 316 g/mol. The van der Waals surface area contributed by atoms with Crippen molar-refractivity contribution in [3.8, 4) is 11.5 Å². The first-order valence-electron chi connectivity index (χ1n) is 5.84. The molecule has 2 aromatic rings. The number of rotatable bonds is 5. The van der Waals surface area contributed by atoms with E-state index in [1.807, 2.05) is 0 Å². The maximum atomic E-state index is 14.3. The van der Waals surface area contributed by atoms with Crippen molar-refractivity contribution in [1.29, 1.82) is 0 Å². The summed E-state index contributed by atoms with van der Waals surface area (Å²) in [5.41, 5.74) is 0.00855. The van der Waals surface area contributed by atoms with E-state index in [2.05, 4.69) is 15.3 Å². The second-order valence-electron chi connectivity index (χ2n) is 3.98. The van der Waals surface area contributed by atoms with Crippen molar-refractivity contribution < 1.29 is 18.3 Å². The minimum atomic E-state index is -1.83. The van der Waals surface area contributed by atoms with Gasteiger partial charge in [0.1, 0.15) is 5.75 Å². The van der Waals surface area contributed by atoms with E-state index in [4.69, 9.17) is 21.1 Å². The maximum Gasteiger partial charge on any atom is 0.222 e. The molecule has 21 heavy (non-hydrogen) atoms. The summed E-state index contributed by atoms with van der Waals surface area (Å²) in [6, 6.07) is 2.57. The van der Waals surface area contributed by atoms with E-state index >= 15 is 0 Å². The first-order valence-corrected chi connectivity index (χ1v) is 6.22. The summed E-state index contributed by atoms with van der Waals surface area (Å²) in [6.45, 7) is 0. The molecule has 5 nitrogen and oxygen atoms in total. The van der Waals surface area contributed by atoms with Gasteiger partial charge in [0.2, 0.25) is 5.28 Å². The van der Waals surface area contributed by atoms with Crippen LogP contribution in [0, 0.1) is 5.82 Å². The van der Waals surface area contributed by atoms with Gasteiger partial charge in [-0.3, -0.25) is 0 Å². The highest BCUT2D eigenvalue weighted by Gasteiger charge is 2.20. The molecule has 1 atom stereocenters. The molecule has 0 saturated carbocycles. The van der Waals surface area contributed by atoms with Gasteiger partial charge in [-0.15, -0.1) is 0 Å². The normalized spacial score (nSPS) is 11.9. The Morgan fingerprint density at radius 1 is 1.19 bits per heavy atom. The van der Waals surface area contributed by atoms with Crippen LogP contribution in [0.2, 0.25) is 5.28 Å². The first kappa shape index (κ1) is 15.2. The summed E-state index contributed by atoms with van der Waals surface area (Å²) < 4.78 is 38.2. The van der Waals surface area contributed by atoms with Crippen molar-refractivity contribution in [3.05, 3.63) is 41.2 Å². The topological polar surface area (TPSA) is 56.3 Å². The predicted molar refractivity (Wildman–Crippen MR) is 74.0 cm³/mol. The highest BCUT2D eigenvalue weighted by molar-refractivity contribution is 6.28. The molecule has 0 aliphatic rings. The molecule has 1 N–H and O–H groups in total. The van der Waals surface area contributed by atoms with Crippen LogP contribution in [-0.4, -0.2) is 24.2 Å². The molecule has 1 aromatic heterocycles. The van der Waals surface area contributed by atoms with Gasteiger partial charge in [-0.05, 0) is 17.7 Å². The number of aromatic nitrogens is 2. The molecule has 0 fully saturated rings. The zero-order chi connectivity index (χ0) is 15.4. The Morgan fingerprint density at radius 2 is 1.86 bits per heavy atom. The minimum absolute atomic E-state index is 0.0326. The van der Waals surface area contributed by atoms with Crippen LogP contribution in [0.3, 0.4) is 0 Å². The van der Waals surface area contributed by atoms with Crippen LogP contribution in [-0.2, 0) is 0 Å². The number of hydrogen-bond donors (Lipinski definition) is 1. The Bertz CT molecular complexity index is 626. The molecular weight excluding hydrogens is 304 g/mol. The van der Waals surface area contributed by atoms with Crippen LogP contribution < -0.4 is 14.8 Å². The summed E-state index contributed by atoms with van der Waals surface area (Å²) in [6.07, 6.45) is 0.743. The molecule has 0 amide bonds. The Hall–Kier alpha value is -2.15. The number of methoxy groups -OCH3 is 2.